The molecule has 1 aromatic carbocycles. The summed E-state index contributed by atoms with van der Waals surface area (Å²) in [5.74, 6) is 0.224. The van der Waals surface area contributed by atoms with Gasteiger partial charge < -0.3 is 10.2 Å². The molecule has 23 heavy (non-hydrogen) atoms. The number of carbonyl (C=O) groups excluding carboxylic acids is 2. The van der Waals surface area contributed by atoms with E-state index in [1.54, 1.807) is 28.8 Å². The monoisotopic (exact) mass is 338 g/mol. The summed E-state index contributed by atoms with van der Waals surface area (Å²) in [6.45, 7) is 5.25. The second kappa shape index (κ2) is 8.34. The standard InChI is InChI=1S/C17H23FN2O2S/c1-12(2)23-11-16(21)19-15-9-17(22)20(10-15)8-7-13-3-5-14(18)6-4-13/h3-6,12,15H,7-11H2,1-2H3,(H,19,21). The van der Waals surface area contributed by atoms with Crippen molar-refractivity contribution in [3.8, 4) is 0 Å². The topological polar surface area (TPSA) is 49.4 Å². The number of nitrogens with zero attached hydrogens (tertiary/aromatic N) is 1. The third-order valence-corrected chi connectivity index (χ3v) is 4.81. The molecule has 126 valence electrons. The summed E-state index contributed by atoms with van der Waals surface area (Å²) in [4.78, 5) is 25.6. The third-order valence-electron chi connectivity index (χ3n) is 3.71. The number of hydrogen-bond donors (Lipinski definition) is 1. The molecule has 2 amide bonds. The second-order valence-corrected chi connectivity index (χ2v) is 7.61. The molecule has 4 nitrogen and oxygen atoms in total. The summed E-state index contributed by atoms with van der Waals surface area (Å²) in [7, 11) is 0. The minimum Gasteiger partial charge on any atom is -0.350 e. The molecule has 1 fully saturated rings. The van der Waals surface area contributed by atoms with Crippen LogP contribution in [-0.4, -0.2) is 46.8 Å². The predicted molar refractivity (Wildman–Crippen MR) is 90.8 cm³/mol. The van der Waals surface area contributed by atoms with Gasteiger partial charge in [-0.1, -0.05) is 26.0 Å². The first-order valence-corrected chi connectivity index (χ1v) is 8.92. The van der Waals surface area contributed by atoms with E-state index >= 15 is 0 Å². The number of benzene rings is 1. The molecule has 0 bridgehead atoms. The van der Waals surface area contributed by atoms with Crippen molar-refractivity contribution in [3.63, 3.8) is 0 Å². The van der Waals surface area contributed by atoms with Gasteiger partial charge in [-0.2, -0.15) is 0 Å². The van der Waals surface area contributed by atoms with Gasteiger partial charge in [0, 0.05) is 19.5 Å². The quantitative estimate of drug-likeness (QED) is 0.829. The van der Waals surface area contributed by atoms with Gasteiger partial charge in [-0.05, 0) is 29.4 Å². The Kier molecular flexibility index (Phi) is 6.45. The first-order chi connectivity index (χ1) is 10.9. The fourth-order valence-corrected chi connectivity index (χ4v) is 3.08. The smallest absolute Gasteiger partial charge is 0.230 e. The molecule has 0 radical (unpaired) electrons. The second-order valence-electron chi connectivity index (χ2n) is 6.04. The van der Waals surface area contributed by atoms with Crippen molar-refractivity contribution in [2.24, 2.45) is 0 Å². The molecule has 1 unspecified atom stereocenters. The predicted octanol–water partition coefficient (Wildman–Crippen LogP) is 2.23. The van der Waals surface area contributed by atoms with Gasteiger partial charge in [0.1, 0.15) is 5.82 Å². The molecule has 1 atom stereocenters. The Morgan fingerprint density at radius 2 is 2.09 bits per heavy atom. The highest BCUT2D eigenvalue weighted by molar-refractivity contribution is 8.00. The van der Waals surface area contributed by atoms with Crippen molar-refractivity contribution in [1.82, 2.24) is 10.2 Å². The van der Waals surface area contributed by atoms with Gasteiger partial charge in [0.15, 0.2) is 0 Å². The molecular weight excluding hydrogens is 315 g/mol. The Bertz CT molecular complexity index is 548. The zero-order chi connectivity index (χ0) is 16.8. The van der Waals surface area contributed by atoms with E-state index in [0.717, 1.165) is 5.56 Å². The number of likely N-dealkylation sites (tertiary alicyclic amines) is 1. The van der Waals surface area contributed by atoms with Crippen molar-refractivity contribution >= 4 is 23.6 Å². The van der Waals surface area contributed by atoms with Crippen LogP contribution in [0.4, 0.5) is 4.39 Å². The number of carbonyl (C=O) groups is 2. The Labute approximate surface area is 140 Å². The summed E-state index contributed by atoms with van der Waals surface area (Å²) in [5, 5.41) is 3.34. The van der Waals surface area contributed by atoms with Gasteiger partial charge in [0.2, 0.25) is 11.8 Å². The molecule has 0 aromatic heterocycles. The lowest BCUT2D eigenvalue weighted by Crippen LogP contribution is -2.38. The number of hydrogen-bond acceptors (Lipinski definition) is 3. The fourth-order valence-electron chi connectivity index (χ4n) is 2.51. The van der Waals surface area contributed by atoms with Crippen molar-refractivity contribution in [2.75, 3.05) is 18.8 Å². The number of nitrogens with one attached hydrogen (secondary N) is 1. The molecule has 1 aliphatic rings. The van der Waals surface area contributed by atoms with Gasteiger partial charge in [-0.3, -0.25) is 9.59 Å². The molecule has 1 heterocycles. The highest BCUT2D eigenvalue weighted by atomic mass is 32.2. The molecule has 1 N–H and O–H groups in total. The maximum absolute atomic E-state index is 12.9. The van der Waals surface area contributed by atoms with E-state index in [0.29, 0.717) is 36.9 Å². The maximum Gasteiger partial charge on any atom is 0.230 e. The Morgan fingerprint density at radius 1 is 1.39 bits per heavy atom. The Hall–Kier alpha value is -1.56. The zero-order valence-corrected chi connectivity index (χ0v) is 14.4. The molecule has 1 saturated heterocycles. The van der Waals surface area contributed by atoms with Crippen LogP contribution in [0.3, 0.4) is 0 Å². The van der Waals surface area contributed by atoms with E-state index in [9.17, 15) is 14.0 Å². The summed E-state index contributed by atoms with van der Waals surface area (Å²) in [6.07, 6.45) is 1.05. The van der Waals surface area contributed by atoms with Gasteiger partial charge in [-0.15, -0.1) is 11.8 Å². The van der Waals surface area contributed by atoms with E-state index < -0.39 is 0 Å². The lowest BCUT2D eigenvalue weighted by atomic mass is 10.1. The summed E-state index contributed by atoms with van der Waals surface area (Å²) in [5.41, 5.74) is 1.00. The van der Waals surface area contributed by atoms with E-state index in [-0.39, 0.29) is 23.7 Å². The van der Waals surface area contributed by atoms with Crippen LogP contribution in [0.25, 0.3) is 0 Å². The normalized spacial score (nSPS) is 17.8. The highest BCUT2D eigenvalue weighted by Gasteiger charge is 2.30. The molecule has 0 spiro atoms. The lowest BCUT2D eigenvalue weighted by Gasteiger charge is -2.17. The third kappa shape index (κ3) is 5.86. The first-order valence-electron chi connectivity index (χ1n) is 7.87. The first kappa shape index (κ1) is 17.8. The highest BCUT2D eigenvalue weighted by Crippen LogP contribution is 2.14. The van der Waals surface area contributed by atoms with Crippen LogP contribution in [0.15, 0.2) is 24.3 Å². The molecule has 1 aromatic rings. The number of amides is 2. The van der Waals surface area contributed by atoms with Crippen molar-refractivity contribution in [2.45, 2.75) is 38.0 Å². The Morgan fingerprint density at radius 3 is 2.74 bits per heavy atom. The molecule has 0 aliphatic carbocycles. The molecule has 2 rings (SSSR count). The van der Waals surface area contributed by atoms with Crippen LogP contribution in [0.2, 0.25) is 0 Å². The van der Waals surface area contributed by atoms with Gasteiger partial charge in [0.05, 0.1) is 11.8 Å². The average molecular weight is 338 g/mol. The molecule has 1 aliphatic heterocycles. The van der Waals surface area contributed by atoms with E-state index in [4.69, 9.17) is 0 Å². The lowest BCUT2D eigenvalue weighted by molar-refractivity contribution is -0.127. The maximum atomic E-state index is 12.9. The summed E-state index contributed by atoms with van der Waals surface area (Å²) < 4.78 is 12.9. The van der Waals surface area contributed by atoms with E-state index in [1.165, 1.54) is 12.1 Å². The van der Waals surface area contributed by atoms with Crippen molar-refractivity contribution in [1.29, 1.82) is 0 Å². The SMILES string of the molecule is CC(C)SCC(=O)NC1CC(=O)N(CCc2ccc(F)cc2)C1. The number of thioether (sulfide) groups is 1. The minimum atomic E-state index is -0.256. The van der Waals surface area contributed by atoms with Crippen LogP contribution in [0.1, 0.15) is 25.8 Å². The van der Waals surface area contributed by atoms with Crippen LogP contribution in [0.5, 0.6) is 0 Å². The van der Waals surface area contributed by atoms with Gasteiger partial charge in [-0.25, -0.2) is 4.39 Å². The minimum absolute atomic E-state index is 0.0121. The summed E-state index contributed by atoms with van der Waals surface area (Å²) in [6, 6.07) is 6.22. The van der Waals surface area contributed by atoms with Crippen molar-refractivity contribution < 1.29 is 14.0 Å². The zero-order valence-electron chi connectivity index (χ0n) is 13.5. The van der Waals surface area contributed by atoms with Crippen LogP contribution < -0.4 is 5.32 Å². The van der Waals surface area contributed by atoms with Crippen molar-refractivity contribution in [3.05, 3.63) is 35.6 Å². The molecule has 0 saturated carbocycles. The Balaban J connectivity index is 1.76. The van der Waals surface area contributed by atoms with Crippen LogP contribution in [0, 0.1) is 5.82 Å². The fraction of sp³-hybridized carbons (Fsp3) is 0.529. The van der Waals surface area contributed by atoms with Crippen LogP contribution in [-0.2, 0) is 16.0 Å². The largest absolute Gasteiger partial charge is 0.350 e. The summed E-state index contributed by atoms with van der Waals surface area (Å²) >= 11 is 1.59. The molecule has 6 heteroatoms. The molecular formula is C17H23FN2O2S. The number of rotatable bonds is 7. The van der Waals surface area contributed by atoms with Gasteiger partial charge in [0.25, 0.3) is 0 Å². The van der Waals surface area contributed by atoms with E-state index in [1.807, 2.05) is 13.8 Å². The number of halogens is 1. The van der Waals surface area contributed by atoms with E-state index in [2.05, 4.69) is 5.32 Å². The van der Waals surface area contributed by atoms with Gasteiger partial charge >= 0.3 is 0 Å². The average Bonchev–Trinajstić information content (AvgIpc) is 2.84. The van der Waals surface area contributed by atoms with Crippen LogP contribution >= 0.6 is 11.8 Å².